The van der Waals surface area contributed by atoms with Gasteiger partial charge in [0.15, 0.2) is 0 Å². The van der Waals surface area contributed by atoms with Crippen molar-refractivity contribution in [1.82, 2.24) is 15.3 Å². The highest BCUT2D eigenvalue weighted by Crippen LogP contribution is 2.28. The maximum atomic E-state index is 12.6. The molecule has 0 saturated heterocycles. The minimum atomic E-state index is -0.300. The largest absolute Gasteiger partial charge is 0.496 e. The van der Waals surface area contributed by atoms with Crippen LogP contribution in [0.25, 0.3) is 0 Å². The number of carbonyl (C=O) groups is 2. The van der Waals surface area contributed by atoms with E-state index in [-0.39, 0.29) is 35.6 Å². The number of nitrogens with two attached hydrogens (primary N) is 1. The third kappa shape index (κ3) is 7.20. The Labute approximate surface area is 256 Å². The highest BCUT2D eigenvalue weighted by atomic mass is 16.5. The van der Waals surface area contributed by atoms with Crippen LogP contribution in [0.1, 0.15) is 68.7 Å². The lowest BCUT2D eigenvalue weighted by Crippen LogP contribution is -2.32. The van der Waals surface area contributed by atoms with E-state index in [1.165, 1.54) is 13.4 Å². The Bertz CT molecular complexity index is 1630. The summed E-state index contributed by atoms with van der Waals surface area (Å²) in [6.07, 6.45) is 4.23. The average molecular weight is 593 g/mol. The Balaban J connectivity index is 1.18. The lowest BCUT2D eigenvalue weighted by Gasteiger charge is -2.29. The van der Waals surface area contributed by atoms with Gasteiger partial charge in [-0.3, -0.25) is 10.2 Å². The van der Waals surface area contributed by atoms with Crippen molar-refractivity contribution in [3.8, 4) is 5.75 Å². The maximum Gasteiger partial charge on any atom is 0.338 e. The summed E-state index contributed by atoms with van der Waals surface area (Å²) in [6.45, 7) is 2.29. The van der Waals surface area contributed by atoms with Gasteiger partial charge in [-0.2, -0.15) is 0 Å². The van der Waals surface area contributed by atoms with Crippen molar-refractivity contribution in [2.45, 2.75) is 51.3 Å². The van der Waals surface area contributed by atoms with Gasteiger partial charge in [0.05, 0.1) is 29.5 Å². The Kier molecular flexibility index (Phi) is 9.49. The number of methoxy groups -OCH3 is 1. The number of para-hydroxylation sites is 1. The zero-order valence-corrected chi connectivity index (χ0v) is 24.8. The molecule has 44 heavy (non-hydrogen) atoms. The van der Waals surface area contributed by atoms with Gasteiger partial charge in [-0.1, -0.05) is 54.1 Å². The van der Waals surface area contributed by atoms with E-state index in [0.717, 1.165) is 36.8 Å². The maximum absolute atomic E-state index is 12.6. The van der Waals surface area contributed by atoms with Crippen molar-refractivity contribution in [2.24, 2.45) is 0 Å². The molecule has 1 aromatic heterocycles. The number of benzene rings is 3. The molecule has 1 fully saturated rings. The molecule has 1 aliphatic rings. The first kappa shape index (κ1) is 30.2. The van der Waals surface area contributed by atoms with E-state index in [4.69, 9.17) is 20.6 Å². The minimum absolute atomic E-state index is 0.0828. The first-order valence-electron chi connectivity index (χ1n) is 14.6. The fraction of sp³-hybridized carbons (Fsp3) is 0.265. The topological polar surface area (TPSA) is 152 Å². The molecule has 0 aliphatic heterocycles. The molecule has 0 unspecified atom stereocenters. The number of esters is 1. The van der Waals surface area contributed by atoms with Crippen LogP contribution in [0.3, 0.4) is 0 Å². The van der Waals surface area contributed by atoms with Crippen LogP contribution < -0.4 is 21.1 Å². The number of anilines is 2. The molecule has 1 amide bonds. The molecular formula is C34H36N6O4. The minimum Gasteiger partial charge on any atom is -0.496 e. The summed E-state index contributed by atoms with van der Waals surface area (Å²) < 4.78 is 11.0. The molecule has 226 valence electrons. The van der Waals surface area contributed by atoms with Gasteiger partial charge in [-0.25, -0.2) is 14.8 Å². The normalized spacial score (nSPS) is 16.0. The zero-order valence-electron chi connectivity index (χ0n) is 24.8. The number of aromatic nitrogens is 2. The number of nitrogens with one attached hydrogen (secondary N) is 3. The highest BCUT2D eigenvalue weighted by molar-refractivity contribution is 6.16. The number of ether oxygens (including phenoxy) is 2. The molecule has 10 heteroatoms. The number of carbonyl (C=O) groups excluding carboxylic acids is 2. The van der Waals surface area contributed by atoms with Gasteiger partial charge in [-0.05, 0) is 62.4 Å². The molecule has 5 N–H and O–H groups in total. The van der Waals surface area contributed by atoms with Crippen LogP contribution in [0, 0.1) is 12.3 Å². The number of hydrogen-bond acceptors (Lipinski definition) is 9. The number of hydrogen-bond donors (Lipinski definition) is 4. The summed E-state index contributed by atoms with van der Waals surface area (Å²) in [4.78, 5) is 33.7. The molecule has 0 radical (unpaired) electrons. The molecule has 4 aromatic rings. The second-order valence-electron chi connectivity index (χ2n) is 10.8. The van der Waals surface area contributed by atoms with Crippen molar-refractivity contribution in [1.29, 1.82) is 5.41 Å². The van der Waals surface area contributed by atoms with Crippen molar-refractivity contribution < 1.29 is 19.1 Å². The van der Waals surface area contributed by atoms with Gasteiger partial charge in [-0.15, -0.1) is 0 Å². The Morgan fingerprint density at radius 3 is 2.32 bits per heavy atom. The quantitative estimate of drug-likeness (QED) is 0.143. The van der Waals surface area contributed by atoms with Gasteiger partial charge in [0, 0.05) is 18.2 Å². The van der Waals surface area contributed by atoms with Crippen LogP contribution in [0.2, 0.25) is 0 Å². The number of aryl methyl sites for hydroxylation is 1. The van der Waals surface area contributed by atoms with E-state index in [2.05, 4.69) is 20.6 Å². The van der Waals surface area contributed by atoms with E-state index >= 15 is 0 Å². The summed E-state index contributed by atoms with van der Waals surface area (Å²) in [5.74, 6) is 0.681. The Morgan fingerprint density at radius 2 is 1.61 bits per heavy atom. The number of nitrogen functional groups attached to an aromatic ring is 1. The van der Waals surface area contributed by atoms with Gasteiger partial charge in [0.1, 0.15) is 29.8 Å². The van der Waals surface area contributed by atoms with Crippen LogP contribution in [0.4, 0.5) is 11.6 Å². The lowest BCUT2D eigenvalue weighted by atomic mass is 9.92. The molecule has 0 atom stereocenters. The van der Waals surface area contributed by atoms with E-state index < -0.39 is 0 Å². The van der Waals surface area contributed by atoms with Crippen LogP contribution in [0.15, 0.2) is 79.1 Å². The zero-order chi connectivity index (χ0) is 31.1. The first-order chi connectivity index (χ1) is 21.3. The number of rotatable bonds is 10. The summed E-state index contributed by atoms with van der Waals surface area (Å²) in [7, 11) is 1.53. The predicted molar refractivity (Wildman–Crippen MR) is 169 cm³/mol. The van der Waals surface area contributed by atoms with Crippen molar-refractivity contribution >= 4 is 29.2 Å². The van der Waals surface area contributed by atoms with E-state index in [9.17, 15) is 9.59 Å². The summed E-state index contributed by atoms with van der Waals surface area (Å²) in [6, 6.07) is 21.9. The molecular weight excluding hydrogens is 556 g/mol. The van der Waals surface area contributed by atoms with E-state index in [1.807, 2.05) is 49.4 Å². The summed E-state index contributed by atoms with van der Waals surface area (Å²) in [5.41, 5.74) is 10.5. The van der Waals surface area contributed by atoms with Crippen molar-refractivity contribution in [3.05, 3.63) is 113 Å². The first-order valence-corrected chi connectivity index (χ1v) is 14.6. The van der Waals surface area contributed by atoms with Crippen molar-refractivity contribution in [2.75, 3.05) is 18.2 Å². The van der Waals surface area contributed by atoms with Gasteiger partial charge in [0.25, 0.3) is 5.91 Å². The fourth-order valence-electron chi connectivity index (χ4n) is 5.23. The van der Waals surface area contributed by atoms with Gasteiger partial charge >= 0.3 is 5.97 Å². The molecule has 3 aromatic carbocycles. The van der Waals surface area contributed by atoms with E-state index in [0.29, 0.717) is 40.4 Å². The summed E-state index contributed by atoms with van der Waals surface area (Å²) >= 11 is 0. The fourth-order valence-corrected chi connectivity index (χ4v) is 5.23. The van der Waals surface area contributed by atoms with E-state index in [1.54, 1.807) is 30.3 Å². The van der Waals surface area contributed by atoms with Crippen molar-refractivity contribution in [3.63, 3.8) is 0 Å². The third-order valence-corrected chi connectivity index (χ3v) is 7.75. The van der Waals surface area contributed by atoms with Crippen LogP contribution in [-0.4, -0.2) is 46.8 Å². The van der Waals surface area contributed by atoms with Crippen LogP contribution in [0.5, 0.6) is 5.75 Å². The third-order valence-electron chi connectivity index (χ3n) is 7.75. The second kappa shape index (κ2) is 13.8. The van der Waals surface area contributed by atoms with Gasteiger partial charge < -0.3 is 25.8 Å². The summed E-state index contributed by atoms with van der Waals surface area (Å²) in [5, 5.41) is 15.3. The lowest BCUT2D eigenvalue weighted by molar-refractivity contribution is 0.0202. The molecule has 0 spiro atoms. The van der Waals surface area contributed by atoms with Gasteiger partial charge in [0.2, 0.25) is 0 Å². The number of nitrogens with zero attached hydrogens (tertiary/aromatic N) is 2. The average Bonchev–Trinajstić information content (AvgIpc) is 3.05. The molecule has 1 saturated carbocycles. The molecule has 10 nitrogen and oxygen atoms in total. The Hall–Kier alpha value is -5.25. The molecule has 1 heterocycles. The SMILES string of the molecule is COc1ccccc1C(=O)NCc1ccc(C(=N)c2c(N)ncnc2NC2CCC(OC(=O)c3ccc(C)cc3)CC2)cc1. The molecule has 1 aliphatic carbocycles. The van der Waals surface area contributed by atoms with Crippen LogP contribution in [-0.2, 0) is 11.3 Å². The predicted octanol–water partition coefficient (Wildman–Crippen LogP) is 5.30. The molecule has 5 rings (SSSR count). The smallest absolute Gasteiger partial charge is 0.338 e. The second-order valence-corrected chi connectivity index (χ2v) is 10.8. The standard InChI is InChI=1S/C34H36N6O4/c1-21-7-11-24(12-8-21)34(42)44-26-17-15-25(16-18-26)40-32-29(31(36)38-20-39-32)30(35)23-13-9-22(10-14-23)19-37-33(41)27-5-3-4-6-28(27)43-2/h3-14,20,25-26,35H,15-19H2,1-2H3,(H,37,41)(H3,36,38,39,40). The highest BCUT2D eigenvalue weighted by Gasteiger charge is 2.26. The molecule has 0 bridgehead atoms. The van der Waals surface area contributed by atoms with Crippen LogP contribution >= 0.6 is 0 Å². The Morgan fingerprint density at radius 1 is 0.932 bits per heavy atom. The monoisotopic (exact) mass is 592 g/mol. The number of amides is 1.